The van der Waals surface area contributed by atoms with E-state index in [-0.39, 0.29) is 0 Å². The molecule has 0 atom stereocenters. The van der Waals surface area contributed by atoms with E-state index in [4.69, 9.17) is 10.8 Å². The van der Waals surface area contributed by atoms with Gasteiger partial charge in [-0.3, -0.25) is 10.8 Å². The molecule has 0 aliphatic heterocycles. The van der Waals surface area contributed by atoms with Crippen LogP contribution in [0.5, 0.6) is 0 Å². The Morgan fingerprint density at radius 1 is 0.731 bits per heavy atom. The Balaban J connectivity index is 0.000000260. The lowest BCUT2D eigenvalue weighted by Crippen LogP contribution is -1.89. The summed E-state index contributed by atoms with van der Waals surface area (Å²) >= 11 is 3.17. The van der Waals surface area contributed by atoms with E-state index in [0.29, 0.717) is 10.1 Å². The molecule has 0 aromatic heterocycles. The van der Waals surface area contributed by atoms with Gasteiger partial charge in [-0.05, 0) is 69.4 Å². The van der Waals surface area contributed by atoms with E-state index < -0.39 is 0 Å². The average Bonchev–Trinajstić information content (AvgIpc) is 2.55. The third-order valence-corrected chi connectivity index (χ3v) is 5.77. The van der Waals surface area contributed by atoms with Crippen molar-refractivity contribution in [3.8, 4) is 0 Å². The molecule has 0 saturated carbocycles. The SMILES string of the molecule is CC(=N)SCc1ccc(C)c(C)c1.CC(=N)SCc1ccc(C)cc1C. The molecule has 0 saturated heterocycles. The van der Waals surface area contributed by atoms with Gasteiger partial charge >= 0.3 is 0 Å². The summed E-state index contributed by atoms with van der Waals surface area (Å²) in [5.41, 5.74) is 7.94. The van der Waals surface area contributed by atoms with Crippen molar-refractivity contribution in [2.75, 3.05) is 0 Å². The Bertz CT molecular complexity index is 767. The number of aryl methyl sites for hydroxylation is 4. The Morgan fingerprint density at radius 3 is 1.88 bits per heavy atom. The molecule has 2 nitrogen and oxygen atoms in total. The fourth-order valence-corrected chi connectivity index (χ4v) is 3.54. The first-order valence-electron chi connectivity index (χ1n) is 8.67. The van der Waals surface area contributed by atoms with Crippen LogP contribution in [-0.2, 0) is 11.5 Å². The van der Waals surface area contributed by atoms with Gasteiger partial charge in [0.25, 0.3) is 0 Å². The highest BCUT2D eigenvalue weighted by Gasteiger charge is 1.99. The Kier molecular flexibility index (Phi) is 9.74. The number of benzene rings is 2. The minimum absolute atomic E-state index is 0.679. The molecule has 140 valence electrons. The summed E-state index contributed by atoms with van der Waals surface area (Å²) in [6.45, 7) is 12.1. The predicted molar refractivity (Wildman–Crippen MR) is 121 cm³/mol. The van der Waals surface area contributed by atoms with Crippen LogP contribution in [0.3, 0.4) is 0 Å². The molecule has 0 spiro atoms. The van der Waals surface area contributed by atoms with Crippen molar-refractivity contribution < 1.29 is 0 Å². The number of hydrogen-bond acceptors (Lipinski definition) is 4. The second kappa shape index (κ2) is 11.2. The summed E-state index contributed by atoms with van der Waals surface area (Å²) in [4.78, 5) is 0. The van der Waals surface area contributed by atoms with Crippen molar-refractivity contribution in [3.05, 3.63) is 69.8 Å². The molecule has 4 heteroatoms. The number of rotatable bonds is 4. The summed E-state index contributed by atoms with van der Waals surface area (Å²) in [7, 11) is 0. The zero-order chi connectivity index (χ0) is 19.7. The van der Waals surface area contributed by atoms with Gasteiger partial charge in [0.05, 0.1) is 10.1 Å². The zero-order valence-electron chi connectivity index (χ0n) is 16.7. The Labute approximate surface area is 167 Å². The van der Waals surface area contributed by atoms with Crippen LogP contribution >= 0.6 is 23.5 Å². The van der Waals surface area contributed by atoms with Crippen LogP contribution in [-0.4, -0.2) is 10.1 Å². The molecule has 0 unspecified atom stereocenters. The second-order valence-electron chi connectivity index (χ2n) is 6.54. The van der Waals surface area contributed by atoms with E-state index >= 15 is 0 Å². The number of thioether (sulfide) groups is 2. The molecule has 2 rings (SSSR count). The Hall–Kier alpha value is -1.52. The maximum atomic E-state index is 7.32. The van der Waals surface area contributed by atoms with Gasteiger partial charge in [-0.2, -0.15) is 0 Å². The average molecular weight is 387 g/mol. The number of nitrogens with one attached hydrogen (secondary N) is 2. The predicted octanol–water partition coefficient (Wildman–Crippen LogP) is 7.07. The van der Waals surface area contributed by atoms with Crippen LogP contribution < -0.4 is 0 Å². The van der Waals surface area contributed by atoms with E-state index in [1.807, 2.05) is 13.8 Å². The summed E-state index contributed by atoms with van der Waals surface area (Å²) < 4.78 is 0. The molecular formula is C22H30N2S2. The Morgan fingerprint density at radius 2 is 1.35 bits per heavy atom. The highest BCUT2D eigenvalue weighted by Crippen LogP contribution is 2.18. The van der Waals surface area contributed by atoms with E-state index in [0.717, 1.165) is 11.5 Å². The zero-order valence-corrected chi connectivity index (χ0v) is 18.3. The summed E-state index contributed by atoms with van der Waals surface area (Å²) in [5, 5.41) is 16.0. The lowest BCUT2D eigenvalue weighted by Gasteiger charge is -2.05. The molecule has 0 bridgehead atoms. The van der Waals surface area contributed by atoms with Crippen LogP contribution in [0.4, 0.5) is 0 Å². The van der Waals surface area contributed by atoms with E-state index in [1.54, 1.807) is 23.5 Å². The third-order valence-electron chi connectivity index (χ3n) is 3.97. The standard InChI is InChI=1S/2C11H15NS/c1-8-4-5-11(6-9(8)2)7-13-10(3)12;1-8-4-5-11(9(2)6-8)7-13-10(3)12/h2*4-6,12H,7H2,1-3H3. The smallest absolute Gasteiger partial charge is 0.0613 e. The molecular weight excluding hydrogens is 356 g/mol. The molecule has 0 radical (unpaired) electrons. The third kappa shape index (κ3) is 8.72. The van der Waals surface area contributed by atoms with Gasteiger partial charge in [-0.1, -0.05) is 42.0 Å². The van der Waals surface area contributed by atoms with Crippen LogP contribution in [0.2, 0.25) is 0 Å². The number of hydrogen-bond donors (Lipinski definition) is 2. The highest BCUT2D eigenvalue weighted by atomic mass is 32.2. The van der Waals surface area contributed by atoms with Gasteiger partial charge in [0.2, 0.25) is 0 Å². The topological polar surface area (TPSA) is 47.7 Å². The molecule has 0 aliphatic carbocycles. The van der Waals surface area contributed by atoms with E-state index in [9.17, 15) is 0 Å². The van der Waals surface area contributed by atoms with Gasteiger partial charge in [0.1, 0.15) is 0 Å². The van der Waals surface area contributed by atoms with Crippen LogP contribution in [0.25, 0.3) is 0 Å². The first kappa shape index (κ1) is 22.5. The highest BCUT2D eigenvalue weighted by molar-refractivity contribution is 8.13. The monoisotopic (exact) mass is 386 g/mol. The van der Waals surface area contributed by atoms with Gasteiger partial charge in [-0.25, -0.2) is 0 Å². The maximum Gasteiger partial charge on any atom is 0.0613 e. The maximum absolute atomic E-state index is 7.32. The largest absolute Gasteiger partial charge is 0.299 e. The van der Waals surface area contributed by atoms with E-state index in [1.165, 1.54) is 33.4 Å². The van der Waals surface area contributed by atoms with E-state index in [2.05, 4.69) is 64.1 Å². The fourth-order valence-electron chi connectivity index (χ4n) is 2.28. The summed E-state index contributed by atoms with van der Waals surface area (Å²) in [5.74, 6) is 1.83. The molecule has 26 heavy (non-hydrogen) atoms. The van der Waals surface area contributed by atoms with Crippen molar-refractivity contribution in [3.63, 3.8) is 0 Å². The molecule has 0 aliphatic rings. The van der Waals surface area contributed by atoms with Crippen LogP contribution in [0.15, 0.2) is 36.4 Å². The first-order valence-corrected chi connectivity index (χ1v) is 10.6. The molecule has 0 heterocycles. The van der Waals surface area contributed by atoms with Crippen molar-refractivity contribution in [2.45, 2.75) is 53.0 Å². The minimum atomic E-state index is 0.679. The van der Waals surface area contributed by atoms with Gasteiger partial charge in [-0.15, -0.1) is 23.5 Å². The van der Waals surface area contributed by atoms with Crippen LogP contribution in [0, 0.1) is 38.5 Å². The fraction of sp³-hybridized carbons (Fsp3) is 0.364. The molecule has 2 N–H and O–H groups in total. The van der Waals surface area contributed by atoms with Crippen molar-refractivity contribution in [1.29, 1.82) is 10.8 Å². The normalized spacial score (nSPS) is 10.1. The van der Waals surface area contributed by atoms with Crippen LogP contribution in [0.1, 0.15) is 47.2 Å². The molecule has 0 fully saturated rings. The first-order chi connectivity index (χ1) is 12.2. The quantitative estimate of drug-likeness (QED) is 0.436. The van der Waals surface area contributed by atoms with Gasteiger partial charge in [0, 0.05) is 11.5 Å². The van der Waals surface area contributed by atoms with Crippen molar-refractivity contribution in [1.82, 2.24) is 0 Å². The van der Waals surface area contributed by atoms with Gasteiger partial charge < -0.3 is 0 Å². The lowest BCUT2D eigenvalue weighted by molar-refractivity contribution is 1.28. The van der Waals surface area contributed by atoms with Crippen molar-refractivity contribution in [2.24, 2.45) is 0 Å². The second-order valence-corrected chi connectivity index (χ2v) is 8.92. The summed E-state index contributed by atoms with van der Waals surface area (Å²) in [6, 6.07) is 13.0. The molecule has 2 aromatic carbocycles. The lowest BCUT2D eigenvalue weighted by atomic mass is 10.1. The van der Waals surface area contributed by atoms with Gasteiger partial charge in [0.15, 0.2) is 0 Å². The summed E-state index contributed by atoms with van der Waals surface area (Å²) in [6.07, 6.45) is 0. The molecule has 2 aromatic rings. The molecule has 0 amide bonds. The van der Waals surface area contributed by atoms with Crippen molar-refractivity contribution >= 4 is 33.6 Å². The minimum Gasteiger partial charge on any atom is -0.299 e.